The van der Waals surface area contributed by atoms with Crippen molar-refractivity contribution in [2.45, 2.75) is 44.4 Å². The fraction of sp³-hybridized carbons (Fsp3) is 0.375. The van der Waals surface area contributed by atoms with Crippen molar-refractivity contribution in [1.29, 1.82) is 5.26 Å². The Labute approximate surface area is 219 Å². The Morgan fingerprint density at radius 1 is 1.00 bits per heavy atom. The van der Waals surface area contributed by atoms with Crippen LogP contribution in [-0.2, 0) is 9.84 Å². The predicted octanol–water partition coefficient (Wildman–Crippen LogP) is 4.43. The summed E-state index contributed by atoms with van der Waals surface area (Å²) in [5.41, 5.74) is -1.63. The number of aryl methyl sites for hydroxylation is 1. The van der Waals surface area contributed by atoms with Gasteiger partial charge < -0.3 is 19.3 Å². The van der Waals surface area contributed by atoms with Gasteiger partial charge in [0.15, 0.2) is 5.75 Å². The van der Waals surface area contributed by atoms with Crippen molar-refractivity contribution in [2.75, 3.05) is 26.2 Å². The highest BCUT2D eigenvalue weighted by Gasteiger charge is 2.34. The molecule has 2 amide bonds. The lowest BCUT2D eigenvalue weighted by Crippen LogP contribution is -2.34. The lowest BCUT2D eigenvalue weighted by molar-refractivity contribution is -0.385. The molecule has 0 aromatic heterocycles. The average Bonchev–Trinajstić information content (AvgIpc) is 2.85. The predicted molar refractivity (Wildman–Crippen MR) is 132 cm³/mol. The van der Waals surface area contributed by atoms with Crippen LogP contribution >= 0.6 is 0 Å². The fourth-order valence-corrected chi connectivity index (χ4v) is 5.24. The first-order chi connectivity index (χ1) is 17.9. The number of carbonyl (C=O) groups is 2. The topological polar surface area (TPSA) is 160 Å². The number of halogens is 1. The van der Waals surface area contributed by atoms with Gasteiger partial charge in [-0.1, -0.05) is 0 Å². The third-order valence-electron chi connectivity index (χ3n) is 5.57. The number of nitrogens with zero attached hydrogens (tertiary/aromatic N) is 4. The molecule has 0 saturated heterocycles. The van der Waals surface area contributed by atoms with Gasteiger partial charge >= 0.3 is 17.9 Å². The molecule has 2 aromatic rings. The Morgan fingerprint density at radius 3 is 2.00 bits per heavy atom. The summed E-state index contributed by atoms with van der Waals surface area (Å²) in [6, 6.07) is 4.64. The van der Waals surface area contributed by atoms with Crippen LogP contribution in [0, 0.1) is 34.2 Å². The van der Waals surface area contributed by atoms with E-state index in [0.717, 1.165) is 18.2 Å². The van der Waals surface area contributed by atoms with E-state index in [1.807, 2.05) is 0 Å². The Balaban J connectivity index is 2.87. The molecule has 0 saturated carbocycles. The average molecular weight is 551 g/mol. The van der Waals surface area contributed by atoms with Gasteiger partial charge in [-0.2, -0.15) is 5.26 Å². The van der Waals surface area contributed by atoms with Gasteiger partial charge in [0, 0.05) is 38.3 Å². The smallest absolute Gasteiger partial charge is 0.406 e. The van der Waals surface area contributed by atoms with Crippen LogP contribution in [0.5, 0.6) is 11.5 Å². The van der Waals surface area contributed by atoms with E-state index >= 15 is 0 Å². The molecule has 0 radical (unpaired) electrons. The van der Waals surface area contributed by atoms with Crippen LogP contribution in [0.15, 0.2) is 34.1 Å². The number of nitro benzene ring substituents is 1. The molecular weight excluding hydrogens is 523 g/mol. The Morgan fingerprint density at radius 2 is 1.53 bits per heavy atom. The van der Waals surface area contributed by atoms with Gasteiger partial charge in [0.1, 0.15) is 11.9 Å². The number of carbonyl (C=O) groups excluding carboxylic acids is 2. The minimum Gasteiger partial charge on any atom is -0.406 e. The van der Waals surface area contributed by atoms with E-state index in [2.05, 4.69) is 0 Å². The second-order valence-electron chi connectivity index (χ2n) is 7.82. The summed E-state index contributed by atoms with van der Waals surface area (Å²) >= 11 is 0. The highest BCUT2D eigenvalue weighted by Crippen LogP contribution is 2.42. The second-order valence-corrected chi connectivity index (χ2v) is 9.71. The van der Waals surface area contributed by atoms with Crippen LogP contribution in [0.2, 0.25) is 0 Å². The first-order valence-electron chi connectivity index (χ1n) is 11.6. The number of nitriles is 1. The van der Waals surface area contributed by atoms with E-state index < -0.39 is 65.3 Å². The molecule has 0 atom stereocenters. The highest BCUT2D eigenvalue weighted by molar-refractivity contribution is 7.91. The molecule has 0 aliphatic carbocycles. The molecule has 2 aromatic carbocycles. The van der Waals surface area contributed by atoms with E-state index in [4.69, 9.17) is 9.47 Å². The largest absolute Gasteiger partial charge is 0.415 e. The number of hydrogen-bond acceptors (Lipinski definition) is 9. The molecule has 2 rings (SSSR count). The maximum Gasteiger partial charge on any atom is 0.415 e. The molecule has 38 heavy (non-hydrogen) atoms. The molecule has 0 N–H and O–H groups in total. The van der Waals surface area contributed by atoms with Crippen LogP contribution in [0.4, 0.5) is 19.7 Å². The molecule has 14 heteroatoms. The number of nitro groups is 1. The number of benzene rings is 2. The maximum atomic E-state index is 13.9. The minimum atomic E-state index is -4.70. The first-order valence-corrected chi connectivity index (χ1v) is 13.1. The minimum absolute atomic E-state index is 0.122. The van der Waals surface area contributed by atoms with E-state index in [0.29, 0.717) is 6.07 Å². The van der Waals surface area contributed by atoms with Crippen LogP contribution < -0.4 is 9.47 Å². The van der Waals surface area contributed by atoms with Crippen LogP contribution in [-0.4, -0.2) is 61.5 Å². The van der Waals surface area contributed by atoms with Crippen LogP contribution in [0.3, 0.4) is 0 Å². The highest BCUT2D eigenvalue weighted by atomic mass is 32.2. The fourth-order valence-electron chi connectivity index (χ4n) is 3.59. The van der Waals surface area contributed by atoms with Gasteiger partial charge in [0.25, 0.3) is 5.75 Å². The van der Waals surface area contributed by atoms with E-state index in [1.165, 1.54) is 16.7 Å². The van der Waals surface area contributed by atoms with E-state index in [9.17, 15) is 37.8 Å². The quantitative estimate of drug-likeness (QED) is 0.250. The van der Waals surface area contributed by atoms with Crippen molar-refractivity contribution in [3.63, 3.8) is 0 Å². The molecule has 0 fully saturated rings. The SMILES string of the molecule is CCN(CC)C(=O)Oc1cc(S(=O)(=O)c2c(C)cc(F)cc2C#N)cc([N+](=O)[O-])c1OC(=O)N(CC)CC. The summed E-state index contributed by atoms with van der Waals surface area (Å²) in [6.07, 6.45) is -1.97. The second kappa shape index (κ2) is 12.3. The molecule has 12 nitrogen and oxygen atoms in total. The van der Waals surface area contributed by atoms with Crippen LogP contribution in [0.25, 0.3) is 0 Å². The lowest BCUT2D eigenvalue weighted by atomic mass is 10.1. The summed E-state index contributed by atoms with van der Waals surface area (Å²) in [5, 5.41) is 21.4. The van der Waals surface area contributed by atoms with Crippen molar-refractivity contribution >= 4 is 27.7 Å². The molecule has 0 spiro atoms. The molecule has 0 aliphatic rings. The van der Waals surface area contributed by atoms with E-state index in [-0.39, 0.29) is 31.7 Å². The van der Waals surface area contributed by atoms with Gasteiger partial charge in [0.2, 0.25) is 9.84 Å². The van der Waals surface area contributed by atoms with Crippen molar-refractivity contribution in [1.82, 2.24) is 9.80 Å². The zero-order chi connectivity index (χ0) is 28.8. The summed E-state index contributed by atoms with van der Waals surface area (Å²) in [7, 11) is -4.70. The standard InChI is InChI=1S/C24H27FN4O8S/c1-6-27(7-2)23(30)36-20-13-18(38(34,35)22-15(5)10-17(25)11-16(22)14-26)12-19(29(32)33)21(20)37-24(31)28(8-3)9-4/h10-13H,6-9H2,1-5H3. The Bertz CT molecular complexity index is 1400. The lowest BCUT2D eigenvalue weighted by Gasteiger charge is -2.21. The zero-order valence-corrected chi connectivity index (χ0v) is 22.3. The number of sulfone groups is 1. The Kier molecular flexibility index (Phi) is 9.72. The summed E-state index contributed by atoms with van der Waals surface area (Å²) in [5.74, 6) is -2.33. The van der Waals surface area contributed by atoms with Gasteiger partial charge in [0.05, 0.1) is 20.3 Å². The third kappa shape index (κ3) is 6.17. The van der Waals surface area contributed by atoms with Crippen molar-refractivity contribution < 1.29 is 36.8 Å². The number of amides is 2. The normalized spacial score (nSPS) is 10.9. The maximum absolute atomic E-state index is 13.9. The molecule has 0 unspecified atom stereocenters. The third-order valence-corrected chi connectivity index (χ3v) is 7.51. The van der Waals surface area contributed by atoms with Gasteiger partial charge in [-0.3, -0.25) is 10.1 Å². The van der Waals surface area contributed by atoms with Gasteiger partial charge in [-0.05, 0) is 52.3 Å². The summed E-state index contributed by atoms with van der Waals surface area (Å²) < 4.78 is 51.5. The molecule has 0 bridgehead atoms. The van der Waals surface area contributed by atoms with E-state index in [1.54, 1.807) is 33.8 Å². The first kappa shape index (κ1) is 30.0. The number of hydrogen-bond donors (Lipinski definition) is 0. The van der Waals surface area contributed by atoms with Crippen LogP contribution in [0.1, 0.15) is 38.8 Å². The molecule has 0 aliphatic heterocycles. The molecular formula is C24H27FN4O8S. The molecule has 0 heterocycles. The van der Waals surface area contributed by atoms with Gasteiger partial charge in [-0.25, -0.2) is 22.4 Å². The molecule has 204 valence electrons. The van der Waals surface area contributed by atoms with Crippen molar-refractivity contribution in [3.8, 4) is 17.6 Å². The number of rotatable bonds is 9. The Hall–Kier alpha value is -4.25. The van der Waals surface area contributed by atoms with Crippen molar-refractivity contribution in [3.05, 3.63) is 51.3 Å². The van der Waals surface area contributed by atoms with Gasteiger partial charge in [-0.15, -0.1) is 0 Å². The van der Waals surface area contributed by atoms with Crippen molar-refractivity contribution in [2.24, 2.45) is 0 Å². The summed E-state index contributed by atoms with van der Waals surface area (Å²) in [4.78, 5) is 37.4. The number of ether oxygens (including phenoxy) is 2. The monoisotopic (exact) mass is 550 g/mol. The summed E-state index contributed by atoms with van der Waals surface area (Å²) in [6.45, 7) is 8.64. The zero-order valence-electron chi connectivity index (χ0n) is 21.5.